The first kappa shape index (κ1) is 14.2. The molecule has 0 spiro atoms. The normalized spacial score (nSPS) is 11.5. The van der Waals surface area contributed by atoms with Crippen molar-refractivity contribution in [1.29, 1.82) is 0 Å². The molecule has 0 saturated carbocycles. The summed E-state index contributed by atoms with van der Waals surface area (Å²) in [6.07, 6.45) is 0. The maximum atomic E-state index is 3.57. The van der Waals surface area contributed by atoms with Crippen LogP contribution >= 0.6 is 27.3 Å². The maximum absolute atomic E-state index is 3.57. The Bertz CT molecular complexity index is 1210. The van der Waals surface area contributed by atoms with Gasteiger partial charge in [0, 0.05) is 24.6 Å². The van der Waals surface area contributed by atoms with E-state index in [1.54, 1.807) is 0 Å². The first-order valence-corrected chi connectivity index (χ1v) is 9.50. The molecule has 0 unspecified atom stereocenters. The molecule has 1 heterocycles. The van der Waals surface area contributed by atoms with Crippen molar-refractivity contribution in [3.05, 3.63) is 83.3 Å². The van der Waals surface area contributed by atoms with Gasteiger partial charge in [0.25, 0.3) is 0 Å². The molecule has 0 amide bonds. The van der Waals surface area contributed by atoms with Crippen LogP contribution in [-0.4, -0.2) is 0 Å². The van der Waals surface area contributed by atoms with Gasteiger partial charge >= 0.3 is 0 Å². The van der Waals surface area contributed by atoms with Crippen LogP contribution in [-0.2, 0) is 0 Å². The first-order valence-electron chi connectivity index (χ1n) is 7.89. The van der Waals surface area contributed by atoms with Gasteiger partial charge in [-0.1, -0.05) is 76.6 Å². The largest absolute Gasteiger partial charge is 0.135 e. The number of benzene rings is 4. The molecular weight excluding hydrogens is 376 g/mol. The quantitative estimate of drug-likeness (QED) is 0.276. The van der Waals surface area contributed by atoms with E-state index in [1.807, 2.05) is 11.3 Å². The van der Waals surface area contributed by atoms with E-state index in [-0.39, 0.29) is 0 Å². The minimum Gasteiger partial charge on any atom is -0.135 e. The Balaban J connectivity index is 1.79. The van der Waals surface area contributed by atoms with E-state index in [4.69, 9.17) is 0 Å². The molecule has 0 saturated heterocycles. The maximum Gasteiger partial charge on any atom is 0.0366 e. The van der Waals surface area contributed by atoms with Crippen molar-refractivity contribution in [3.8, 4) is 11.1 Å². The third-order valence-electron chi connectivity index (χ3n) is 4.54. The lowest BCUT2D eigenvalue weighted by atomic mass is 9.97. The second-order valence-corrected chi connectivity index (χ2v) is 7.98. The number of halogens is 1. The lowest BCUT2D eigenvalue weighted by molar-refractivity contribution is 1.70. The van der Waals surface area contributed by atoms with Crippen LogP contribution in [0.1, 0.15) is 0 Å². The van der Waals surface area contributed by atoms with Gasteiger partial charge in [-0.05, 0) is 40.1 Å². The molecular formula is C22H13BrS. The third-order valence-corrected chi connectivity index (χ3v) is 6.14. The molecule has 0 atom stereocenters. The summed E-state index contributed by atoms with van der Waals surface area (Å²) in [5.41, 5.74) is 2.58. The van der Waals surface area contributed by atoms with Gasteiger partial charge in [0.05, 0.1) is 0 Å². The average Bonchev–Trinajstić information content (AvgIpc) is 2.97. The summed E-state index contributed by atoms with van der Waals surface area (Å²) in [6.45, 7) is 0. The van der Waals surface area contributed by atoms with Gasteiger partial charge in [-0.2, -0.15) is 0 Å². The second-order valence-electron chi connectivity index (χ2n) is 5.98. The molecule has 0 bridgehead atoms. The standard InChI is InChI=1S/C22H13BrS/c23-16-9-11-20-19-10-8-15(12-21(19)24-22(20)13-16)18-7-3-5-14-4-1-2-6-17(14)18/h1-13H. The van der Waals surface area contributed by atoms with E-state index in [9.17, 15) is 0 Å². The van der Waals surface area contributed by atoms with Crippen LogP contribution in [0.15, 0.2) is 83.3 Å². The zero-order valence-corrected chi connectivity index (χ0v) is 15.2. The molecule has 24 heavy (non-hydrogen) atoms. The van der Waals surface area contributed by atoms with Crippen LogP contribution in [0.3, 0.4) is 0 Å². The molecule has 0 N–H and O–H groups in total. The van der Waals surface area contributed by atoms with Crippen molar-refractivity contribution in [1.82, 2.24) is 0 Å². The van der Waals surface area contributed by atoms with E-state index >= 15 is 0 Å². The highest BCUT2D eigenvalue weighted by Crippen LogP contribution is 2.38. The van der Waals surface area contributed by atoms with Crippen molar-refractivity contribution in [2.24, 2.45) is 0 Å². The monoisotopic (exact) mass is 388 g/mol. The van der Waals surface area contributed by atoms with Crippen molar-refractivity contribution < 1.29 is 0 Å². The Hall–Kier alpha value is -2.16. The fraction of sp³-hybridized carbons (Fsp3) is 0. The Labute approximate surface area is 152 Å². The fourth-order valence-electron chi connectivity index (χ4n) is 3.40. The summed E-state index contributed by atoms with van der Waals surface area (Å²) in [4.78, 5) is 0. The van der Waals surface area contributed by atoms with Crippen molar-refractivity contribution in [2.75, 3.05) is 0 Å². The van der Waals surface area contributed by atoms with Crippen LogP contribution in [0.2, 0.25) is 0 Å². The van der Waals surface area contributed by atoms with E-state index in [2.05, 4.69) is 94.8 Å². The molecule has 4 aromatic carbocycles. The number of rotatable bonds is 1. The Kier molecular flexibility index (Phi) is 3.22. The minimum atomic E-state index is 1.14. The Morgan fingerprint density at radius 2 is 1.38 bits per heavy atom. The summed E-state index contributed by atoms with van der Waals surface area (Å²) in [6, 6.07) is 28.5. The van der Waals surface area contributed by atoms with Gasteiger partial charge in [-0.3, -0.25) is 0 Å². The van der Waals surface area contributed by atoms with Gasteiger partial charge in [0.15, 0.2) is 0 Å². The minimum absolute atomic E-state index is 1.14. The van der Waals surface area contributed by atoms with Crippen LogP contribution in [0.25, 0.3) is 42.1 Å². The summed E-state index contributed by atoms with van der Waals surface area (Å²) in [5, 5.41) is 5.27. The van der Waals surface area contributed by atoms with E-state index in [1.165, 1.54) is 42.1 Å². The second kappa shape index (κ2) is 5.44. The number of fused-ring (bicyclic) bond motifs is 4. The number of hydrogen-bond acceptors (Lipinski definition) is 1. The van der Waals surface area contributed by atoms with Gasteiger partial charge < -0.3 is 0 Å². The van der Waals surface area contributed by atoms with Crippen LogP contribution < -0.4 is 0 Å². The topological polar surface area (TPSA) is 0 Å². The lowest BCUT2D eigenvalue weighted by Gasteiger charge is -2.07. The van der Waals surface area contributed by atoms with Crippen molar-refractivity contribution in [2.45, 2.75) is 0 Å². The number of hydrogen-bond donors (Lipinski definition) is 0. The fourth-order valence-corrected chi connectivity index (χ4v) is 5.09. The SMILES string of the molecule is Brc1ccc2c(c1)sc1cc(-c3cccc4ccccc34)ccc12. The molecule has 1 aromatic heterocycles. The van der Waals surface area contributed by atoms with Gasteiger partial charge in [0.2, 0.25) is 0 Å². The zero-order valence-electron chi connectivity index (χ0n) is 12.8. The van der Waals surface area contributed by atoms with Crippen LogP contribution in [0, 0.1) is 0 Å². The lowest BCUT2D eigenvalue weighted by Crippen LogP contribution is -1.80. The zero-order chi connectivity index (χ0) is 16.1. The average molecular weight is 389 g/mol. The molecule has 0 nitrogen and oxygen atoms in total. The number of thiophene rings is 1. The predicted molar refractivity (Wildman–Crippen MR) is 110 cm³/mol. The Morgan fingerprint density at radius 1 is 0.625 bits per heavy atom. The molecule has 0 aliphatic rings. The van der Waals surface area contributed by atoms with Crippen LogP contribution in [0.5, 0.6) is 0 Å². The highest BCUT2D eigenvalue weighted by atomic mass is 79.9. The van der Waals surface area contributed by atoms with Crippen molar-refractivity contribution >= 4 is 58.2 Å². The van der Waals surface area contributed by atoms with Gasteiger partial charge in [-0.25, -0.2) is 0 Å². The van der Waals surface area contributed by atoms with Gasteiger partial charge in [0.1, 0.15) is 0 Å². The van der Waals surface area contributed by atoms with Crippen molar-refractivity contribution in [3.63, 3.8) is 0 Å². The van der Waals surface area contributed by atoms with Crippen LogP contribution in [0.4, 0.5) is 0 Å². The summed E-state index contributed by atoms with van der Waals surface area (Å²) in [7, 11) is 0. The molecule has 0 aliphatic heterocycles. The molecule has 0 fully saturated rings. The van der Waals surface area contributed by atoms with E-state index < -0.39 is 0 Å². The summed E-state index contributed by atoms with van der Waals surface area (Å²) in [5.74, 6) is 0. The molecule has 5 rings (SSSR count). The van der Waals surface area contributed by atoms with E-state index in [0.717, 1.165) is 4.47 Å². The molecule has 2 heteroatoms. The molecule has 114 valence electrons. The van der Waals surface area contributed by atoms with Gasteiger partial charge in [-0.15, -0.1) is 11.3 Å². The highest BCUT2D eigenvalue weighted by Gasteiger charge is 2.08. The molecule has 0 aliphatic carbocycles. The smallest absolute Gasteiger partial charge is 0.0366 e. The summed E-state index contributed by atoms with van der Waals surface area (Å²) >= 11 is 5.43. The summed E-state index contributed by atoms with van der Waals surface area (Å²) < 4.78 is 3.80. The van der Waals surface area contributed by atoms with E-state index in [0.29, 0.717) is 0 Å². The Morgan fingerprint density at radius 3 is 2.29 bits per heavy atom. The third kappa shape index (κ3) is 2.18. The molecule has 0 radical (unpaired) electrons. The highest BCUT2D eigenvalue weighted by molar-refractivity contribution is 9.10. The predicted octanol–water partition coefficient (Wildman–Crippen LogP) is 7.64. The molecule has 5 aromatic rings. The first-order chi connectivity index (χ1) is 11.8.